The van der Waals surface area contributed by atoms with Crippen LogP contribution in [0, 0.1) is 5.92 Å². The molecule has 2 unspecified atom stereocenters. The van der Waals surface area contributed by atoms with Gasteiger partial charge in [0.2, 0.25) is 5.91 Å². The van der Waals surface area contributed by atoms with Crippen molar-refractivity contribution in [2.24, 2.45) is 5.92 Å². The predicted octanol–water partition coefficient (Wildman–Crippen LogP) is 3.10. The van der Waals surface area contributed by atoms with Gasteiger partial charge in [0.05, 0.1) is 0 Å². The standard InChI is InChI=1S/C16H19N3O/c1-2-6-12-9-15(19-18-12)17-16(20)14-10-13(14)11-7-4-3-5-8-11/h3-5,7-9,13-14H,2,6,10H2,1H3,(H2,17,18,19,20). The van der Waals surface area contributed by atoms with Gasteiger partial charge in [-0.1, -0.05) is 43.7 Å². The maximum atomic E-state index is 12.2. The van der Waals surface area contributed by atoms with Crippen molar-refractivity contribution in [1.82, 2.24) is 10.2 Å². The van der Waals surface area contributed by atoms with Gasteiger partial charge in [0.1, 0.15) is 0 Å². The molecule has 4 heteroatoms. The average Bonchev–Trinajstić information content (AvgIpc) is 3.16. The van der Waals surface area contributed by atoms with Crippen molar-refractivity contribution in [3.05, 3.63) is 47.7 Å². The van der Waals surface area contributed by atoms with Gasteiger partial charge in [-0.25, -0.2) is 0 Å². The van der Waals surface area contributed by atoms with E-state index in [9.17, 15) is 4.79 Å². The van der Waals surface area contributed by atoms with Gasteiger partial charge in [0.15, 0.2) is 5.82 Å². The Labute approximate surface area is 118 Å². The summed E-state index contributed by atoms with van der Waals surface area (Å²) in [6.45, 7) is 2.12. The molecule has 1 aliphatic rings. The van der Waals surface area contributed by atoms with E-state index in [1.807, 2.05) is 24.3 Å². The van der Waals surface area contributed by atoms with E-state index < -0.39 is 0 Å². The van der Waals surface area contributed by atoms with Crippen LogP contribution in [0.25, 0.3) is 0 Å². The first kappa shape index (κ1) is 12.9. The molecule has 1 aromatic heterocycles. The second kappa shape index (κ2) is 5.49. The van der Waals surface area contributed by atoms with Crippen LogP contribution in [0.4, 0.5) is 5.82 Å². The number of H-pyrrole nitrogens is 1. The molecule has 2 aromatic rings. The van der Waals surface area contributed by atoms with E-state index in [4.69, 9.17) is 0 Å². The number of carbonyl (C=O) groups is 1. The molecule has 1 saturated carbocycles. The summed E-state index contributed by atoms with van der Waals surface area (Å²) in [5, 5.41) is 9.98. The zero-order chi connectivity index (χ0) is 13.9. The maximum absolute atomic E-state index is 12.2. The van der Waals surface area contributed by atoms with Crippen LogP contribution in [0.5, 0.6) is 0 Å². The summed E-state index contributed by atoms with van der Waals surface area (Å²) in [5.41, 5.74) is 2.32. The number of nitrogens with one attached hydrogen (secondary N) is 2. The lowest BCUT2D eigenvalue weighted by Gasteiger charge is -2.01. The number of amides is 1. The van der Waals surface area contributed by atoms with Crippen LogP contribution in [-0.2, 0) is 11.2 Å². The molecule has 1 amide bonds. The van der Waals surface area contributed by atoms with Crippen molar-refractivity contribution in [2.45, 2.75) is 32.1 Å². The summed E-state index contributed by atoms with van der Waals surface area (Å²) in [4.78, 5) is 12.2. The van der Waals surface area contributed by atoms with Gasteiger partial charge in [-0.15, -0.1) is 0 Å². The number of aryl methyl sites for hydroxylation is 1. The Morgan fingerprint density at radius 3 is 2.95 bits per heavy atom. The number of nitrogens with zero attached hydrogens (tertiary/aromatic N) is 1. The first-order valence-electron chi connectivity index (χ1n) is 7.18. The normalized spacial score (nSPS) is 20.6. The van der Waals surface area contributed by atoms with Crippen LogP contribution in [0.3, 0.4) is 0 Å². The zero-order valence-corrected chi connectivity index (χ0v) is 11.6. The molecule has 0 spiro atoms. The minimum absolute atomic E-state index is 0.0772. The number of aromatic nitrogens is 2. The number of anilines is 1. The molecule has 4 nitrogen and oxygen atoms in total. The van der Waals surface area contributed by atoms with Crippen molar-refractivity contribution in [3.63, 3.8) is 0 Å². The van der Waals surface area contributed by atoms with Crippen LogP contribution in [0.2, 0.25) is 0 Å². The lowest BCUT2D eigenvalue weighted by Crippen LogP contribution is -2.14. The molecular formula is C16H19N3O. The quantitative estimate of drug-likeness (QED) is 0.876. The van der Waals surface area contributed by atoms with Gasteiger partial charge in [0.25, 0.3) is 0 Å². The second-order valence-corrected chi connectivity index (χ2v) is 5.38. The minimum Gasteiger partial charge on any atom is -0.309 e. The molecule has 1 fully saturated rings. The number of carbonyl (C=O) groups excluding carboxylic acids is 1. The molecule has 2 atom stereocenters. The lowest BCUT2D eigenvalue weighted by atomic mass is 10.1. The second-order valence-electron chi connectivity index (χ2n) is 5.38. The Morgan fingerprint density at radius 2 is 2.20 bits per heavy atom. The van der Waals surface area contributed by atoms with Crippen molar-refractivity contribution in [1.29, 1.82) is 0 Å². The third-order valence-corrected chi connectivity index (χ3v) is 3.76. The van der Waals surface area contributed by atoms with E-state index >= 15 is 0 Å². The molecule has 1 aliphatic carbocycles. The van der Waals surface area contributed by atoms with Gasteiger partial charge in [-0.05, 0) is 24.3 Å². The number of aromatic amines is 1. The van der Waals surface area contributed by atoms with Gasteiger partial charge >= 0.3 is 0 Å². The molecule has 0 saturated heterocycles. The largest absolute Gasteiger partial charge is 0.309 e. The smallest absolute Gasteiger partial charge is 0.229 e. The summed E-state index contributed by atoms with van der Waals surface area (Å²) < 4.78 is 0. The summed E-state index contributed by atoms with van der Waals surface area (Å²) in [6.07, 6.45) is 2.95. The number of benzene rings is 1. The van der Waals surface area contributed by atoms with Gasteiger partial charge in [-0.2, -0.15) is 5.10 Å². The summed E-state index contributed by atoms with van der Waals surface area (Å²) in [5.74, 6) is 1.17. The van der Waals surface area contributed by atoms with Crippen LogP contribution >= 0.6 is 0 Å². The molecule has 3 rings (SSSR count). The zero-order valence-electron chi connectivity index (χ0n) is 11.6. The molecule has 0 bridgehead atoms. The topological polar surface area (TPSA) is 57.8 Å². The molecule has 1 aromatic carbocycles. The van der Waals surface area contributed by atoms with Gasteiger partial charge in [0, 0.05) is 17.7 Å². The van der Waals surface area contributed by atoms with E-state index in [0.29, 0.717) is 11.7 Å². The Kier molecular flexibility index (Phi) is 3.54. The number of hydrogen-bond donors (Lipinski definition) is 2. The Hall–Kier alpha value is -2.10. The minimum atomic E-state index is 0.0772. The highest BCUT2D eigenvalue weighted by Gasteiger charge is 2.43. The monoisotopic (exact) mass is 269 g/mol. The number of rotatable bonds is 5. The molecule has 104 valence electrons. The molecule has 20 heavy (non-hydrogen) atoms. The van der Waals surface area contributed by atoms with E-state index in [2.05, 4.69) is 34.6 Å². The molecule has 1 heterocycles. The maximum Gasteiger partial charge on any atom is 0.229 e. The molecule has 0 radical (unpaired) electrons. The lowest BCUT2D eigenvalue weighted by molar-refractivity contribution is -0.117. The average molecular weight is 269 g/mol. The van der Waals surface area contributed by atoms with Crippen LogP contribution < -0.4 is 5.32 Å². The third kappa shape index (κ3) is 2.74. The fourth-order valence-corrected chi connectivity index (χ4v) is 2.60. The van der Waals surface area contributed by atoms with E-state index in [-0.39, 0.29) is 11.8 Å². The van der Waals surface area contributed by atoms with E-state index in [0.717, 1.165) is 25.0 Å². The van der Waals surface area contributed by atoms with Crippen LogP contribution in [0.1, 0.15) is 36.9 Å². The highest BCUT2D eigenvalue weighted by atomic mass is 16.2. The first-order chi connectivity index (χ1) is 9.78. The molecule has 2 N–H and O–H groups in total. The summed E-state index contributed by atoms with van der Waals surface area (Å²) in [7, 11) is 0. The number of hydrogen-bond acceptors (Lipinski definition) is 2. The Balaban J connectivity index is 1.58. The van der Waals surface area contributed by atoms with Crippen LogP contribution in [0.15, 0.2) is 36.4 Å². The Morgan fingerprint density at radius 1 is 1.40 bits per heavy atom. The summed E-state index contributed by atoms with van der Waals surface area (Å²) >= 11 is 0. The highest BCUT2D eigenvalue weighted by Crippen LogP contribution is 2.47. The SMILES string of the molecule is CCCc1cc(NC(=O)C2CC2c2ccccc2)n[nH]1. The van der Waals surface area contributed by atoms with Crippen molar-refractivity contribution in [3.8, 4) is 0 Å². The van der Waals surface area contributed by atoms with Crippen molar-refractivity contribution < 1.29 is 4.79 Å². The van der Waals surface area contributed by atoms with E-state index in [1.54, 1.807) is 0 Å². The van der Waals surface area contributed by atoms with Crippen molar-refractivity contribution >= 4 is 11.7 Å². The Bertz CT molecular complexity index is 591. The first-order valence-corrected chi connectivity index (χ1v) is 7.18. The summed E-state index contributed by atoms with van der Waals surface area (Å²) in [6, 6.07) is 12.1. The molecular weight excluding hydrogens is 250 g/mol. The molecule has 0 aliphatic heterocycles. The highest BCUT2D eigenvalue weighted by molar-refractivity contribution is 5.94. The van der Waals surface area contributed by atoms with Crippen molar-refractivity contribution in [2.75, 3.05) is 5.32 Å². The van der Waals surface area contributed by atoms with Crippen LogP contribution in [-0.4, -0.2) is 16.1 Å². The predicted molar refractivity (Wildman–Crippen MR) is 78.5 cm³/mol. The van der Waals surface area contributed by atoms with E-state index in [1.165, 1.54) is 5.56 Å². The fourth-order valence-electron chi connectivity index (χ4n) is 2.60. The fraction of sp³-hybridized carbons (Fsp3) is 0.375. The third-order valence-electron chi connectivity index (χ3n) is 3.76. The van der Waals surface area contributed by atoms with Gasteiger partial charge in [-0.3, -0.25) is 9.89 Å². The van der Waals surface area contributed by atoms with Gasteiger partial charge < -0.3 is 5.32 Å².